The van der Waals surface area contributed by atoms with Gasteiger partial charge in [0, 0.05) is 18.8 Å². The van der Waals surface area contributed by atoms with E-state index in [1.807, 2.05) is 0 Å². The third-order valence-corrected chi connectivity index (χ3v) is 2.99. The van der Waals surface area contributed by atoms with Gasteiger partial charge >= 0.3 is 5.97 Å². The monoisotopic (exact) mass is 236 g/mol. The highest BCUT2D eigenvalue weighted by atomic mass is 16.5. The van der Waals surface area contributed by atoms with Crippen LogP contribution in [0, 0.1) is 0 Å². The zero-order chi connectivity index (χ0) is 12.3. The smallest absolute Gasteiger partial charge is 0.374 e. The van der Waals surface area contributed by atoms with Crippen LogP contribution in [0.2, 0.25) is 0 Å². The van der Waals surface area contributed by atoms with E-state index in [1.165, 1.54) is 0 Å². The van der Waals surface area contributed by atoms with Crippen molar-refractivity contribution in [1.82, 2.24) is 0 Å². The summed E-state index contributed by atoms with van der Waals surface area (Å²) in [5, 5.41) is 0. The molecule has 1 saturated carbocycles. The Morgan fingerprint density at radius 1 is 1.53 bits per heavy atom. The van der Waals surface area contributed by atoms with Crippen LogP contribution < -0.4 is 0 Å². The summed E-state index contributed by atoms with van der Waals surface area (Å²) in [7, 11) is 0. The maximum Gasteiger partial charge on any atom is 0.374 e. The number of rotatable bonds is 3. The van der Waals surface area contributed by atoms with E-state index in [9.17, 15) is 9.59 Å². The number of furan rings is 1. The van der Waals surface area contributed by atoms with Crippen LogP contribution in [-0.2, 0) is 9.53 Å². The number of hydrogen-bond acceptors (Lipinski definition) is 4. The van der Waals surface area contributed by atoms with E-state index in [0.717, 1.165) is 18.6 Å². The lowest BCUT2D eigenvalue weighted by atomic mass is 9.87. The maximum atomic E-state index is 11.4. The molecule has 0 aliphatic heterocycles. The molecule has 0 saturated heterocycles. The van der Waals surface area contributed by atoms with Crippen molar-refractivity contribution in [3.05, 3.63) is 23.7 Å². The van der Waals surface area contributed by atoms with Gasteiger partial charge in [-0.1, -0.05) is 0 Å². The topological polar surface area (TPSA) is 56.5 Å². The van der Waals surface area contributed by atoms with Crippen LogP contribution in [0.4, 0.5) is 0 Å². The van der Waals surface area contributed by atoms with Crippen LogP contribution in [0.5, 0.6) is 0 Å². The third-order valence-electron chi connectivity index (χ3n) is 2.99. The molecule has 0 amide bonds. The number of carbonyl (C=O) groups is 2. The number of esters is 1. The molecule has 4 nitrogen and oxygen atoms in total. The lowest BCUT2D eigenvalue weighted by Gasteiger charge is -2.18. The van der Waals surface area contributed by atoms with Gasteiger partial charge < -0.3 is 9.15 Å². The second kappa shape index (κ2) is 5.17. The van der Waals surface area contributed by atoms with Crippen LogP contribution in [0.1, 0.15) is 54.8 Å². The molecule has 1 heterocycles. The molecule has 17 heavy (non-hydrogen) atoms. The van der Waals surface area contributed by atoms with E-state index in [1.54, 1.807) is 19.1 Å². The van der Waals surface area contributed by atoms with Gasteiger partial charge in [0.05, 0.1) is 6.61 Å². The average molecular weight is 236 g/mol. The van der Waals surface area contributed by atoms with Crippen molar-refractivity contribution < 1.29 is 18.7 Å². The van der Waals surface area contributed by atoms with E-state index in [2.05, 4.69) is 0 Å². The fourth-order valence-corrected chi connectivity index (χ4v) is 2.15. The largest absolute Gasteiger partial charge is 0.460 e. The molecular formula is C13H16O4. The summed E-state index contributed by atoms with van der Waals surface area (Å²) in [6, 6.07) is 3.39. The van der Waals surface area contributed by atoms with Gasteiger partial charge in [-0.3, -0.25) is 4.79 Å². The van der Waals surface area contributed by atoms with Crippen molar-refractivity contribution in [2.24, 2.45) is 0 Å². The Balaban J connectivity index is 2.07. The number of Topliss-reactive ketones (excluding diaryl/α,β-unsaturated/α-hetero) is 1. The number of carbonyl (C=O) groups excluding carboxylic acids is 2. The predicted octanol–water partition coefficient (Wildman–Crippen LogP) is 2.68. The first kappa shape index (κ1) is 11.9. The van der Waals surface area contributed by atoms with Gasteiger partial charge in [-0.05, 0) is 31.9 Å². The minimum atomic E-state index is -0.444. The summed E-state index contributed by atoms with van der Waals surface area (Å²) in [5.41, 5.74) is 0. The van der Waals surface area contributed by atoms with Crippen LogP contribution in [0.3, 0.4) is 0 Å². The number of ketones is 1. The van der Waals surface area contributed by atoms with Gasteiger partial charge in [0.15, 0.2) is 0 Å². The average Bonchev–Trinajstić information content (AvgIpc) is 2.78. The molecule has 92 valence electrons. The summed E-state index contributed by atoms with van der Waals surface area (Å²) in [6.07, 6.45) is 3.04. The summed E-state index contributed by atoms with van der Waals surface area (Å²) in [4.78, 5) is 22.8. The van der Waals surface area contributed by atoms with Gasteiger partial charge in [0.2, 0.25) is 5.76 Å². The fraction of sp³-hybridized carbons (Fsp3) is 0.538. The molecule has 1 fully saturated rings. The molecule has 0 spiro atoms. The Morgan fingerprint density at radius 2 is 2.35 bits per heavy atom. The SMILES string of the molecule is CCOC(=O)c1ccc([C@@H]2CCCC(=O)C2)o1. The molecule has 1 aromatic heterocycles. The highest BCUT2D eigenvalue weighted by Gasteiger charge is 2.24. The van der Waals surface area contributed by atoms with Crippen LogP contribution in [0.25, 0.3) is 0 Å². The first-order valence-electron chi connectivity index (χ1n) is 5.99. The molecule has 0 unspecified atom stereocenters. The lowest BCUT2D eigenvalue weighted by Crippen LogP contribution is -2.12. The molecule has 1 aliphatic rings. The first-order chi connectivity index (χ1) is 8.20. The molecule has 0 aromatic carbocycles. The summed E-state index contributed by atoms with van der Waals surface area (Å²) in [5.74, 6) is 0.900. The Hall–Kier alpha value is -1.58. The van der Waals surface area contributed by atoms with Crippen molar-refractivity contribution in [3.8, 4) is 0 Å². The molecule has 2 rings (SSSR count). The number of hydrogen-bond donors (Lipinski definition) is 0. The van der Waals surface area contributed by atoms with Crippen molar-refractivity contribution in [3.63, 3.8) is 0 Å². The highest BCUT2D eigenvalue weighted by molar-refractivity contribution is 5.86. The molecule has 0 bridgehead atoms. The van der Waals surface area contributed by atoms with E-state index in [0.29, 0.717) is 19.4 Å². The summed E-state index contributed by atoms with van der Waals surface area (Å²) in [6.45, 7) is 2.08. The molecule has 1 atom stereocenters. The first-order valence-corrected chi connectivity index (χ1v) is 5.99. The van der Waals surface area contributed by atoms with Crippen LogP contribution in [-0.4, -0.2) is 18.4 Å². The Morgan fingerprint density at radius 3 is 3.06 bits per heavy atom. The number of ether oxygens (including phenoxy) is 1. The van der Waals surface area contributed by atoms with E-state index >= 15 is 0 Å². The highest BCUT2D eigenvalue weighted by Crippen LogP contribution is 2.32. The van der Waals surface area contributed by atoms with Crippen molar-refractivity contribution >= 4 is 11.8 Å². The fourth-order valence-electron chi connectivity index (χ4n) is 2.15. The van der Waals surface area contributed by atoms with E-state index in [4.69, 9.17) is 9.15 Å². The van der Waals surface area contributed by atoms with Gasteiger partial charge in [0.25, 0.3) is 0 Å². The zero-order valence-corrected chi connectivity index (χ0v) is 9.90. The van der Waals surface area contributed by atoms with Gasteiger partial charge in [0.1, 0.15) is 11.5 Å². The Labute approximate surface area is 99.9 Å². The van der Waals surface area contributed by atoms with Gasteiger partial charge in [-0.25, -0.2) is 4.79 Å². The second-order valence-electron chi connectivity index (χ2n) is 4.25. The van der Waals surface area contributed by atoms with Crippen molar-refractivity contribution in [2.45, 2.75) is 38.5 Å². The molecule has 1 aromatic rings. The minimum absolute atomic E-state index is 0.124. The Bertz CT molecular complexity index is 419. The normalized spacial score (nSPS) is 20.3. The van der Waals surface area contributed by atoms with Crippen LogP contribution >= 0.6 is 0 Å². The van der Waals surface area contributed by atoms with E-state index in [-0.39, 0.29) is 17.5 Å². The zero-order valence-electron chi connectivity index (χ0n) is 9.90. The lowest BCUT2D eigenvalue weighted by molar-refractivity contribution is -0.120. The van der Waals surface area contributed by atoms with Crippen molar-refractivity contribution in [2.75, 3.05) is 6.61 Å². The van der Waals surface area contributed by atoms with Gasteiger partial charge in [-0.15, -0.1) is 0 Å². The molecule has 0 N–H and O–H groups in total. The Kier molecular flexibility index (Phi) is 3.61. The molecular weight excluding hydrogens is 220 g/mol. The summed E-state index contributed by atoms with van der Waals surface area (Å²) >= 11 is 0. The molecule has 1 aliphatic carbocycles. The minimum Gasteiger partial charge on any atom is -0.460 e. The van der Waals surface area contributed by atoms with Gasteiger partial charge in [-0.2, -0.15) is 0 Å². The molecule has 0 radical (unpaired) electrons. The van der Waals surface area contributed by atoms with Crippen molar-refractivity contribution in [1.29, 1.82) is 0 Å². The quantitative estimate of drug-likeness (QED) is 0.757. The van der Waals surface area contributed by atoms with E-state index < -0.39 is 5.97 Å². The third kappa shape index (κ3) is 2.75. The second-order valence-corrected chi connectivity index (χ2v) is 4.25. The van der Waals surface area contributed by atoms with Crippen LogP contribution in [0.15, 0.2) is 16.5 Å². The maximum absolute atomic E-state index is 11.4. The standard InChI is InChI=1S/C13H16O4/c1-2-16-13(15)12-7-6-11(17-12)9-4-3-5-10(14)8-9/h6-7,9H,2-5,8H2,1H3/t9-/m1/s1. The predicted molar refractivity (Wildman–Crippen MR) is 60.9 cm³/mol. The summed E-state index contributed by atoms with van der Waals surface area (Å²) < 4.78 is 10.3. The molecule has 4 heteroatoms.